The Labute approximate surface area is 120 Å². The van der Waals surface area contributed by atoms with Crippen molar-refractivity contribution in [1.29, 1.82) is 0 Å². The lowest BCUT2D eigenvalue weighted by Gasteiger charge is -2.25. The predicted molar refractivity (Wildman–Crippen MR) is 83.6 cm³/mol. The van der Waals surface area contributed by atoms with Crippen molar-refractivity contribution in [3.63, 3.8) is 0 Å². The number of allylic oxidation sites excluding steroid dienone is 1. The molecule has 0 saturated heterocycles. The van der Waals surface area contributed by atoms with E-state index in [1.807, 2.05) is 0 Å². The molecule has 20 heavy (non-hydrogen) atoms. The minimum absolute atomic E-state index is 0.360. The quantitative estimate of drug-likeness (QED) is 0.787. The molecule has 2 aliphatic carbocycles. The Morgan fingerprint density at radius 2 is 1.45 bits per heavy atom. The van der Waals surface area contributed by atoms with Crippen LogP contribution >= 0.6 is 0 Å². The summed E-state index contributed by atoms with van der Waals surface area (Å²) in [6.07, 6.45) is 8.22. The third-order valence-corrected chi connectivity index (χ3v) is 4.51. The zero-order valence-corrected chi connectivity index (χ0v) is 11.5. The van der Waals surface area contributed by atoms with Gasteiger partial charge in [0.1, 0.15) is 0 Å². The van der Waals surface area contributed by atoms with Gasteiger partial charge in [0.05, 0.1) is 6.04 Å². The molecule has 1 atom stereocenters. The van der Waals surface area contributed by atoms with E-state index in [0.29, 0.717) is 12.1 Å². The molecule has 0 bridgehead atoms. The topological polar surface area (TPSA) is 12.0 Å². The fourth-order valence-electron chi connectivity index (χ4n) is 3.52. The lowest BCUT2D eigenvalue weighted by Crippen LogP contribution is -2.33. The molecule has 0 fully saturated rings. The fraction of sp³-hybridized carbons (Fsp3) is 0.263. The third-order valence-electron chi connectivity index (χ3n) is 4.51. The predicted octanol–water partition coefficient (Wildman–Crippen LogP) is 4.45. The molecule has 0 aliphatic heterocycles. The van der Waals surface area contributed by atoms with Crippen molar-refractivity contribution < 1.29 is 0 Å². The number of rotatable bonds is 2. The van der Waals surface area contributed by atoms with E-state index in [2.05, 4.69) is 66.0 Å². The summed E-state index contributed by atoms with van der Waals surface area (Å²) >= 11 is 0. The molecule has 1 unspecified atom stereocenters. The summed E-state index contributed by atoms with van der Waals surface area (Å²) in [5.74, 6) is 0. The van der Waals surface area contributed by atoms with E-state index < -0.39 is 0 Å². The molecule has 4 rings (SSSR count). The van der Waals surface area contributed by atoms with E-state index in [9.17, 15) is 0 Å². The maximum Gasteiger partial charge on any atom is 0.0591 e. The first-order valence-electron chi connectivity index (χ1n) is 7.53. The number of nitrogens with one attached hydrogen (secondary N) is 1. The highest BCUT2D eigenvalue weighted by molar-refractivity contribution is 5.78. The van der Waals surface area contributed by atoms with Crippen molar-refractivity contribution in [2.75, 3.05) is 0 Å². The summed E-state index contributed by atoms with van der Waals surface area (Å²) in [4.78, 5) is 0. The summed E-state index contributed by atoms with van der Waals surface area (Å²) in [6.45, 7) is 0. The smallest absolute Gasteiger partial charge is 0.0591 e. The number of benzene rings is 2. The van der Waals surface area contributed by atoms with Gasteiger partial charge in [-0.1, -0.05) is 60.7 Å². The zero-order valence-electron chi connectivity index (χ0n) is 11.5. The third kappa shape index (κ3) is 1.90. The molecule has 2 aromatic carbocycles. The van der Waals surface area contributed by atoms with Gasteiger partial charge in [-0.25, -0.2) is 0 Å². The van der Waals surface area contributed by atoms with Crippen molar-refractivity contribution in [3.8, 4) is 11.1 Å². The number of fused-ring (bicyclic) bond motifs is 3. The van der Waals surface area contributed by atoms with Crippen LogP contribution in [0.25, 0.3) is 11.1 Å². The maximum absolute atomic E-state index is 3.88. The van der Waals surface area contributed by atoms with Gasteiger partial charge in [0.2, 0.25) is 0 Å². The molecule has 0 heterocycles. The molecule has 0 spiro atoms. The first-order valence-corrected chi connectivity index (χ1v) is 7.53. The highest BCUT2D eigenvalue weighted by Gasteiger charge is 2.29. The van der Waals surface area contributed by atoms with Crippen LogP contribution < -0.4 is 5.32 Å². The molecule has 0 amide bonds. The molecule has 2 aliphatic rings. The first-order chi connectivity index (χ1) is 9.93. The standard InChI is InChI=1S/C19H19N/c1-2-8-14(9-3-1)20-19-17-12-6-4-10-15(17)16-11-5-7-13-18(16)19/h1-2,4-7,10-14,19-20H,3,8-9H2. The summed E-state index contributed by atoms with van der Waals surface area (Å²) in [7, 11) is 0. The van der Waals surface area contributed by atoms with E-state index in [4.69, 9.17) is 0 Å². The highest BCUT2D eigenvalue weighted by atomic mass is 15.0. The average molecular weight is 261 g/mol. The van der Waals surface area contributed by atoms with Gasteiger partial charge in [-0.15, -0.1) is 0 Å². The molecule has 2 aromatic rings. The Morgan fingerprint density at radius 3 is 2.05 bits per heavy atom. The lowest BCUT2D eigenvalue weighted by atomic mass is 9.98. The number of hydrogen-bond acceptors (Lipinski definition) is 1. The van der Waals surface area contributed by atoms with Crippen molar-refractivity contribution in [3.05, 3.63) is 71.8 Å². The van der Waals surface area contributed by atoms with Crippen LogP contribution in [0, 0.1) is 0 Å². The second-order valence-electron chi connectivity index (χ2n) is 5.76. The zero-order chi connectivity index (χ0) is 13.4. The lowest BCUT2D eigenvalue weighted by molar-refractivity contribution is 0.444. The van der Waals surface area contributed by atoms with Crippen molar-refractivity contribution in [1.82, 2.24) is 5.32 Å². The fourth-order valence-corrected chi connectivity index (χ4v) is 3.52. The summed E-state index contributed by atoms with van der Waals surface area (Å²) in [5.41, 5.74) is 5.66. The average Bonchev–Trinajstić information content (AvgIpc) is 2.84. The van der Waals surface area contributed by atoms with Crippen LogP contribution in [0.3, 0.4) is 0 Å². The molecule has 1 heteroatoms. The van der Waals surface area contributed by atoms with E-state index in [0.717, 1.165) is 6.42 Å². The Balaban J connectivity index is 1.73. The molecule has 100 valence electrons. The Kier molecular flexibility index (Phi) is 2.93. The maximum atomic E-state index is 3.88. The van der Waals surface area contributed by atoms with Gasteiger partial charge in [-0.3, -0.25) is 0 Å². The SMILES string of the molecule is C1=CCC(NC2c3ccccc3-c3ccccc32)CC1. The minimum Gasteiger partial charge on any atom is -0.303 e. The Hall–Kier alpha value is -1.86. The minimum atomic E-state index is 0.360. The van der Waals surface area contributed by atoms with Crippen LogP contribution in [0.1, 0.15) is 36.4 Å². The van der Waals surface area contributed by atoms with E-state index in [-0.39, 0.29) is 0 Å². The highest BCUT2D eigenvalue weighted by Crippen LogP contribution is 2.43. The van der Waals surface area contributed by atoms with Gasteiger partial charge in [0, 0.05) is 6.04 Å². The summed E-state index contributed by atoms with van der Waals surface area (Å²) < 4.78 is 0. The van der Waals surface area contributed by atoms with Gasteiger partial charge >= 0.3 is 0 Å². The van der Waals surface area contributed by atoms with Crippen LogP contribution in [0.5, 0.6) is 0 Å². The molecule has 1 nitrogen and oxygen atoms in total. The molecule has 0 aromatic heterocycles. The molecular formula is C19H19N. The van der Waals surface area contributed by atoms with Crippen LogP contribution in [-0.4, -0.2) is 6.04 Å². The normalized spacial score (nSPS) is 20.7. The molecule has 1 N–H and O–H groups in total. The van der Waals surface area contributed by atoms with Crippen molar-refractivity contribution in [2.45, 2.75) is 31.3 Å². The van der Waals surface area contributed by atoms with Crippen molar-refractivity contribution in [2.24, 2.45) is 0 Å². The monoisotopic (exact) mass is 261 g/mol. The second kappa shape index (κ2) is 4.92. The molecule has 0 radical (unpaired) electrons. The van der Waals surface area contributed by atoms with Gasteiger partial charge < -0.3 is 5.32 Å². The summed E-state index contributed by atoms with van der Waals surface area (Å²) in [6, 6.07) is 18.6. The van der Waals surface area contributed by atoms with E-state index in [1.165, 1.54) is 35.1 Å². The largest absolute Gasteiger partial charge is 0.303 e. The Morgan fingerprint density at radius 1 is 0.800 bits per heavy atom. The first kappa shape index (κ1) is 11.9. The van der Waals surface area contributed by atoms with Crippen LogP contribution in [0.2, 0.25) is 0 Å². The van der Waals surface area contributed by atoms with Gasteiger partial charge in [-0.05, 0) is 41.5 Å². The van der Waals surface area contributed by atoms with Crippen LogP contribution in [0.4, 0.5) is 0 Å². The van der Waals surface area contributed by atoms with Gasteiger partial charge in [0.25, 0.3) is 0 Å². The van der Waals surface area contributed by atoms with Crippen LogP contribution in [0.15, 0.2) is 60.7 Å². The van der Waals surface area contributed by atoms with Gasteiger partial charge in [0.15, 0.2) is 0 Å². The van der Waals surface area contributed by atoms with E-state index in [1.54, 1.807) is 0 Å². The van der Waals surface area contributed by atoms with E-state index >= 15 is 0 Å². The van der Waals surface area contributed by atoms with Crippen LogP contribution in [-0.2, 0) is 0 Å². The second-order valence-corrected chi connectivity index (χ2v) is 5.76. The summed E-state index contributed by atoms with van der Waals surface area (Å²) in [5, 5.41) is 3.88. The molecule has 0 saturated carbocycles. The number of hydrogen-bond donors (Lipinski definition) is 1. The molecular weight excluding hydrogens is 242 g/mol. The van der Waals surface area contributed by atoms with Crippen molar-refractivity contribution >= 4 is 0 Å². The Bertz CT molecular complexity index is 611. The van der Waals surface area contributed by atoms with Gasteiger partial charge in [-0.2, -0.15) is 0 Å².